The average molecular weight is 198 g/mol. The van der Waals surface area contributed by atoms with Crippen LogP contribution in [0.25, 0.3) is 0 Å². The Morgan fingerprint density at radius 3 is 2.77 bits per heavy atom. The fourth-order valence-corrected chi connectivity index (χ4v) is 2.26. The summed E-state index contributed by atoms with van der Waals surface area (Å²) in [4.78, 5) is 4.27. The van der Waals surface area contributed by atoms with Crippen molar-refractivity contribution in [1.82, 2.24) is 4.98 Å². The van der Waals surface area contributed by atoms with Crippen LogP contribution in [0.3, 0.4) is 0 Å². The van der Waals surface area contributed by atoms with E-state index in [4.69, 9.17) is 5.73 Å². The molecule has 0 saturated carbocycles. The number of aromatic nitrogens is 1. The molecule has 2 N–H and O–H groups in total. The van der Waals surface area contributed by atoms with Crippen LogP contribution in [0.5, 0.6) is 0 Å². The topological polar surface area (TPSA) is 38.9 Å². The van der Waals surface area contributed by atoms with E-state index in [-0.39, 0.29) is 0 Å². The van der Waals surface area contributed by atoms with Gasteiger partial charge in [0.2, 0.25) is 0 Å². The first-order chi connectivity index (χ1) is 6.22. The Hall–Kier alpha value is -0.410. The van der Waals surface area contributed by atoms with Crippen LogP contribution in [0.2, 0.25) is 0 Å². The van der Waals surface area contributed by atoms with Crippen molar-refractivity contribution in [2.75, 3.05) is 6.54 Å². The van der Waals surface area contributed by atoms with Crippen LogP contribution in [0.15, 0.2) is 11.6 Å². The number of nitrogens with zero attached hydrogens (tertiary/aromatic N) is 1. The highest BCUT2D eigenvalue weighted by Crippen LogP contribution is 2.17. The summed E-state index contributed by atoms with van der Waals surface area (Å²) in [6.45, 7) is 5.26. The zero-order valence-corrected chi connectivity index (χ0v) is 9.18. The van der Waals surface area contributed by atoms with Crippen molar-refractivity contribution in [3.05, 3.63) is 16.6 Å². The molecule has 0 aromatic carbocycles. The molecule has 74 valence electrons. The van der Waals surface area contributed by atoms with Gasteiger partial charge in [-0.3, -0.25) is 0 Å². The SMILES string of the molecule is CC(C)CC(CN)Cc1nccs1. The normalized spacial score (nSPS) is 13.5. The van der Waals surface area contributed by atoms with E-state index < -0.39 is 0 Å². The molecule has 0 aliphatic heterocycles. The molecule has 0 aliphatic carbocycles. The molecule has 1 unspecified atom stereocenters. The van der Waals surface area contributed by atoms with Gasteiger partial charge in [0, 0.05) is 18.0 Å². The van der Waals surface area contributed by atoms with E-state index in [2.05, 4.69) is 18.8 Å². The van der Waals surface area contributed by atoms with Crippen molar-refractivity contribution in [3.8, 4) is 0 Å². The van der Waals surface area contributed by atoms with Gasteiger partial charge in [-0.05, 0) is 24.8 Å². The summed E-state index contributed by atoms with van der Waals surface area (Å²) in [6.07, 6.45) is 4.12. The predicted molar refractivity (Wildman–Crippen MR) is 57.8 cm³/mol. The van der Waals surface area contributed by atoms with Crippen LogP contribution in [-0.4, -0.2) is 11.5 Å². The first-order valence-corrected chi connectivity index (χ1v) is 5.68. The van der Waals surface area contributed by atoms with Crippen molar-refractivity contribution in [1.29, 1.82) is 0 Å². The van der Waals surface area contributed by atoms with Gasteiger partial charge >= 0.3 is 0 Å². The maximum Gasteiger partial charge on any atom is 0.0928 e. The van der Waals surface area contributed by atoms with Gasteiger partial charge in [-0.15, -0.1) is 11.3 Å². The van der Waals surface area contributed by atoms with E-state index in [1.54, 1.807) is 11.3 Å². The monoisotopic (exact) mass is 198 g/mol. The molecule has 0 radical (unpaired) electrons. The van der Waals surface area contributed by atoms with E-state index in [0.29, 0.717) is 5.92 Å². The fourth-order valence-electron chi connectivity index (χ4n) is 1.53. The van der Waals surface area contributed by atoms with Crippen LogP contribution < -0.4 is 5.73 Å². The van der Waals surface area contributed by atoms with E-state index in [1.807, 2.05) is 11.6 Å². The van der Waals surface area contributed by atoms with Gasteiger partial charge in [0.1, 0.15) is 0 Å². The second-order valence-corrected chi connectivity index (χ2v) is 4.84. The average Bonchev–Trinajstić information content (AvgIpc) is 2.55. The molecule has 0 bridgehead atoms. The highest BCUT2D eigenvalue weighted by Gasteiger charge is 2.10. The summed E-state index contributed by atoms with van der Waals surface area (Å²) in [5.41, 5.74) is 5.71. The Bertz CT molecular complexity index is 219. The van der Waals surface area contributed by atoms with Gasteiger partial charge in [-0.2, -0.15) is 0 Å². The molecule has 1 heterocycles. The molecule has 1 aromatic heterocycles. The van der Waals surface area contributed by atoms with Crippen LogP contribution in [-0.2, 0) is 6.42 Å². The second kappa shape index (κ2) is 5.35. The lowest BCUT2D eigenvalue weighted by Crippen LogP contribution is -2.18. The molecule has 1 rings (SSSR count). The van der Waals surface area contributed by atoms with Crippen LogP contribution in [0.4, 0.5) is 0 Å². The van der Waals surface area contributed by atoms with Gasteiger partial charge < -0.3 is 5.73 Å². The van der Waals surface area contributed by atoms with Gasteiger partial charge in [0.05, 0.1) is 5.01 Å². The lowest BCUT2D eigenvalue weighted by atomic mass is 9.95. The Labute approximate surface area is 84.2 Å². The van der Waals surface area contributed by atoms with E-state index >= 15 is 0 Å². The fraction of sp³-hybridized carbons (Fsp3) is 0.700. The number of thiazole rings is 1. The maximum atomic E-state index is 5.71. The molecular formula is C10H18N2S. The Morgan fingerprint density at radius 2 is 2.31 bits per heavy atom. The van der Waals surface area contributed by atoms with Crippen molar-refractivity contribution >= 4 is 11.3 Å². The minimum absolute atomic E-state index is 0.603. The first kappa shape index (κ1) is 10.7. The number of rotatable bonds is 5. The first-order valence-electron chi connectivity index (χ1n) is 4.80. The molecule has 0 spiro atoms. The molecule has 0 saturated heterocycles. The smallest absolute Gasteiger partial charge is 0.0928 e. The predicted octanol–water partition coefficient (Wildman–Crippen LogP) is 2.31. The van der Waals surface area contributed by atoms with E-state index in [9.17, 15) is 0 Å². The molecule has 2 nitrogen and oxygen atoms in total. The second-order valence-electron chi connectivity index (χ2n) is 3.86. The van der Waals surface area contributed by atoms with Gasteiger partial charge in [-0.1, -0.05) is 13.8 Å². The minimum atomic E-state index is 0.603. The van der Waals surface area contributed by atoms with Crippen molar-refractivity contribution in [3.63, 3.8) is 0 Å². The lowest BCUT2D eigenvalue weighted by Gasteiger charge is -2.15. The van der Waals surface area contributed by atoms with Crippen LogP contribution in [0, 0.1) is 11.8 Å². The third kappa shape index (κ3) is 3.87. The third-order valence-electron chi connectivity index (χ3n) is 2.08. The Morgan fingerprint density at radius 1 is 1.54 bits per heavy atom. The number of hydrogen-bond acceptors (Lipinski definition) is 3. The molecular weight excluding hydrogens is 180 g/mol. The van der Waals surface area contributed by atoms with E-state index in [0.717, 1.165) is 18.9 Å². The molecule has 0 amide bonds. The lowest BCUT2D eigenvalue weighted by molar-refractivity contribution is 0.414. The summed E-state index contributed by atoms with van der Waals surface area (Å²) >= 11 is 1.73. The Balaban J connectivity index is 2.40. The van der Waals surface area contributed by atoms with Crippen molar-refractivity contribution in [2.24, 2.45) is 17.6 Å². The third-order valence-corrected chi connectivity index (χ3v) is 2.89. The zero-order valence-electron chi connectivity index (χ0n) is 8.36. The molecule has 13 heavy (non-hydrogen) atoms. The van der Waals surface area contributed by atoms with E-state index in [1.165, 1.54) is 11.4 Å². The highest BCUT2D eigenvalue weighted by molar-refractivity contribution is 7.09. The van der Waals surface area contributed by atoms with Gasteiger partial charge in [-0.25, -0.2) is 4.98 Å². The quantitative estimate of drug-likeness (QED) is 0.788. The largest absolute Gasteiger partial charge is 0.330 e. The number of nitrogens with two attached hydrogens (primary N) is 1. The zero-order chi connectivity index (χ0) is 9.68. The van der Waals surface area contributed by atoms with Crippen molar-refractivity contribution < 1.29 is 0 Å². The molecule has 1 aromatic rings. The summed E-state index contributed by atoms with van der Waals surface area (Å²) < 4.78 is 0. The summed E-state index contributed by atoms with van der Waals surface area (Å²) in [6, 6.07) is 0. The standard InChI is InChI=1S/C10H18N2S/c1-8(2)5-9(7-11)6-10-12-3-4-13-10/h3-4,8-9H,5-7,11H2,1-2H3. The van der Waals surface area contributed by atoms with Crippen LogP contribution in [0.1, 0.15) is 25.3 Å². The molecule has 1 atom stereocenters. The molecule has 0 aliphatic rings. The van der Waals surface area contributed by atoms with Crippen molar-refractivity contribution in [2.45, 2.75) is 26.7 Å². The summed E-state index contributed by atoms with van der Waals surface area (Å²) in [5, 5.41) is 3.24. The summed E-state index contributed by atoms with van der Waals surface area (Å²) in [5.74, 6) is 1.33. The maximum absolute atomic E-state index is 5.71. The molecule has 0 fully saturated rings. The summed E-state index contributed by atoms with van der Waals surface area (Å²) in [7, 11) is 0. The van der Waals surface area contributed by atoms with Gasteiger partial charge in [0.15, 0.2) is 0 Å². The van der Waals surface area contributed by atoms with Gasteiger partial charge in [0.25, 0.3) is 0 Å². The number of hydrogen-bond donors (Lipinski definition) is 1. The Kier molecular flexibility index (Phi) is 4.39. The highest BCUT2D eigenvalue weighted by atomic mass is 32.1. The molecule has 3 heteroatoms. The minimum Gasteiger partial charge on any atom is -0.330 e. The van der Waals surface area contributed by atoms with Crippen LogP contribution >= 0.6 is 11.3 Å².